The maximum Gasteiger partial charge on any atom is 0.197 e. The summed E-state index contributed by atoms with van der Waals surface area (Å²) in [5.41, 5.74) is 2.08. The second-order valence-corrected chi connectivity index (χ2v) is 5.59. The number of benzene rings is 2. The molecule has 3 rings (SSSR count). The van der Waals surface area contributed by atoms with Crippen LogP contribution in [0.3, 0.4) is 0 Å². The maximum atomic E-state index is 12.8. The molecule has 114 valence electrons. The number of aryl methyl sites for hydroxylation is 1. The summed E-state index contributed by atoms with van der Waals surface area (Å²) in [4.78, 5) is 12.8. The van der Waals surface area contributed by atoms with Crippen molar-refractivity contribution in [3.05, 3.63) is 52.7 Å². The van der Waals surface area contributed by atoms with E-state index in [1.54, 1.807) is 7.11 Å². The molecule has 3 aromatic rings. The minimum Gasteiger partial charge on any atom is -0.497 e. The first-order valence-electron chi connectivity index (χ1n) is 7.85. The van der Waals surface area contributed by atoms with Gasteiger partial charge in [0, 0.05) is 17.3 Å². The molecule has 1 aromatic heterocycles. The first-order chi connectivity index (χ1) is 10.8. The van der Waals surface area contributed by atoms with Crippen LogP contribution in [0, 0.1) is 0 Å². The molecular formula is C19H21NO2. The van der Waals surface area contributed by atoms with Crippen LogP contribution in [0.5, 0.6) is 5.75 Å². The number of ether oxygens (including phenoxy) is 1. The zero-order valence-electron chi connectivity index (χ0n) is 13.1. The molecule has 0 fully saturated rings. The second kappa shape index (κ2) is 6.22. The Morgan fingerprint density at radius 3 is 2.55 bits per heavy atom. The predicted octanol–water partition coefficient (Wildman–Crippen LogP) is 4.35. The Morgan fingerprint density at radius 2 is 1.77 bits per heavy atom. The first kappa shape index (κ1) is 14.6. The van der Waals surface area contributed by atoms with Crippen LogP contribution in [-0.4, -0.2) is 11.7 Å². The van der Waals surface area contributed by atoms with Gasteiger partial charge in [-0.2, -0.15) is 0 Å². The van der Waals surface area contributed by atoms with Crippen LogP contribution >= 0.6 is 0 Å². The average Bonchev–Trinajstić information content (AvgIpc) is 2.57. The summed E-state index contributed by atoms with van der Waals surface area (Å²) in [5.74, 6) is 0.722. The van der Waals surface area contributed by atoms with Gasteiger partial charge in [0.25, 0.3) is 0 Å². The topological polar surface area (TPSA) is 31.2 Å². The van der Waals surface area contributed by atoms with Gasteiger partial charge >= 0.3 is 0 Å². The molecule has 0 unspecified atom stereocenters. The molecule has 3 heteroatoms. The SMILES string of the molecule is CCCCCn1c2ccccc2c(=O)c2cc(OC)ccc21. The fourth-order valence-corrected chi connectivity index (χ4v) is 3.00. The molecule has 0 N–H and O–H groups in total. The van der Waals surface area contributed by atoms with Gasteiger partial charge in [0.15, 0.2) is 5.43 Å². The van der Waals surface area contributed by atoms with E-state index in [1.807, 2.05) is 42.5 Å². The van der Waals surface area contributed by atoms with E-state index >= 15 is 0 Å². The summed E-state index contributed by atoms with van der Waals surface area (Å²) in [6.07, 6.45) is 3.49. The third-order valence-electron chi connectivity index (χ3n) is 4.16. The maximum absolute atomic E-state index is 12.8. The van der Waals surface area contributed by atoms with Gasteiger partial charge < -0.3 is 9.30 Å². The van der Waals surface area contributed by atoms with Crippen molar-refractivity contribution in [1.29, 1.82) is 0 Å². The van der Waals surface area contributed by atoms with E-state index in [2.05, 4.69) is 11.5 Å². The molecule has 0 atom stereocenters. The van der Waals surface area contributed by atoms with Crippen molar-refractivity contribution in [2.75, 3.05) is 7.11 Å². The third-order valence-corrected chi connectivity index (χ3v) is 4.16. The third kappa shape index (κ3) is 2.47. The smallest absolute Gasteiger partial charge is 0.197 e. The zero-order chi connectivity index (χ0) is 15.5. The number of para-hydroxylation sites is 1. The number of hydrogen-bond donors (Lipinski definition) is 0. The van der Waals surface area contributed by atoms with Crippen molar-refractivity contribution >= 4 is 21.8 Å². The standard InChI is InChI=1S/C19H21NO2/c1-3-4-7-12-20-17-9-6-5-8-15(17)19(21)16-13-14(22-2)10-11-18(16)20/h5-6,8-11,13H,3-4,7,12H2,1-2H3. The van der Waals surface area contributed by atoms with E-state index < -0.39 is 0 Å². The summed E-state index contributed by atoms with van der Waals surface area (Å²) in [6, 6.07) is 13.6. The van der Waals surface area contributed by atoms with Crippen LogP contribution in [0.4, 0.5) is 0 Å². The van der Waals surface area contributed by atoms with Gasteiger partial charge in [-0.1, -0.05) is 31.9 Å². The van der Waals surface area contributed by atoms with Crippen molar-refractivity contribution in [1.82, 2.24) is 4.57 Å². The van der Waals surface area contributed by atoms with Gasteiger partial charge in [0.05, 0.1) is 18.1 Å². The molecule has 0 saturated heterocycles. The van der Waals surface area contributed by atoms with Gasteiger partial charge in [0.1, 0.15) is 5.75 Å². The summed E-state index contributed by atoms with van der Waals surface area (Å²) in [7, 11) is 1.63. The molecule has 0 aliphatic rings. The van der Waals surface area contributed by atoms with E-state index in [1.165, 1.54) is 12.8 Å². The number of fused-ring (bicyclic) bond motifs is 2. The van der Waals surface area contributed by atoms with Gasteiger partial charge in [0.2, 0.25) is 0 Å². The van der Waals surface area contributed by atoms with Crippen LogP contribution in [0.2, 0.25) is 0 Å². The number of methoxy groups -OCH3 is 1. The average molecular weight is 295 g/mol. The lowest BCUT2D eigenvalue weighted by Gasteiger charge is -2.15. The summed E-state index contributed by atoms with van der Waals surface area (Å²) in [6.45, 7) is 3.13. The molecule has 1 heterocycles. The lowest BCUT2D eigenvalue weighted by atomic mass is 10.1. The molecule has 0 spiro atoms. The Kier molecular flexibility index (Phi) is 4.14. The van der Waals surface area contributed by atoms with Crippen molar-refractivity contribution < 1.29 is 4.74 Å². The Hall–Kier alpha value is -2.29. The Balaban J connectivity index is 2.31. The number of unbranched alkanes of at least 4 members (excludes halogenated alkanes) is 2. The van der Waals surface area contributed by atoms with Crippen molar-refractivity contribution in [3.8, 4) is 5.75 Å². The minimum absolute atomic E-state index is 0.0799. The molecule has 22 heavy (non-hydrogen) atoms. The van der Waals surface area contributed by atoms with Gasteiger partial charge in [-0.25, -0.2) is 0 Å². The second-order valence-electron chi connectivity index (χ2n) is 5.59. The van der Waals surface area contributed by atoms with Crippen LogP contribution in [0.25, 0.3) is 21.8 Å². The van der Waals surface area contributed by atoms with Crippen LogP contribution in [0.15, 0.2) is 47.3 Å². The van der Waals surface area contributed by atoms with E-state index in [0.29, 0.717) is 0 Å². The quantitative estimate of drug-likeness (QED) is 0.517. The molecule has 0 amide bonds. The fourth-order valence-electron chi connectivity index (χ4n) is 3.00. The van der Waals surface area contributed by atoms with Crippen LogP contribution in [-0.2, 0) is 6.54 Å². The van der Waals surface area contributed by atoms with E-state index in [9.17, 15) is 4.79 Å². The number of aromatic nitrogens is 1. The highest BCUT2D eigenvalue weighted by Crippen LogP contribution is 2.23. The molecule has 0 aliphatic carbocycles. The van der Waals surface area contributed by atoms with Gasteiger partial charge in [-0.3, -0.25) is 4.79 Å². The number of nitrogens with zero attached hydrogens (tertiary/aromatic N) is 1. The summed E-state index contributed by atoms with van der Waals surface area (Å²) in [5, 5.41) is 1.51. The zero-order valence-corrected chi connectivity index (χ0v) is 13.1. The molecule has 2 aromatic carbocycles. The van der Waals surface area contributed by atoms with Gasteiger partial charge in [-0.05, 0) is 36.8 Å². The summed E-state index contributed by atoms with van der Waals surface area (Å²) < 4.78 is 7.54. The molecule has 0 aliphatic heterocycles. The lowest BCUT2D eigenvalue weighted by Crippen LogP contribution is -2.11. The first-order valence-corrected chi connectivity index (χ1v) is 7.85. The predicted molar refractivity (Wildman–Crippen MR) is 91.8 cm³/mol. The largest absolute Gasteiger partial charge is 0.497 e. The molecule has 0 saturated carbocycles. The molecular weight excluding hydrogens is 274 g/mol. The van der Waals surface area contributed by atoms with Crippen molar-refractivity contribution in [3.63, 3.8) is 0 Å². The summed E-state index contributed by atoms with van der Waals surface area (Å²) >= 11 is 0. The normalized spacial score (nSPS) is 11.2. The number of pyridine rings is 1. The van der Waals surface area contributed by atoms with Crippen molar-refractivity contribution in [2.24, 2.45) is 0 Å². The molecule has 0 radical (unpaired) electrons. The lowest BCUT2D eigenvalue weighted by molar-refractivity contribution is 0.415. The Morgan fingerprint density at radius 1 is 1.00 bits per heavy atom. The minimum atomic E-state index is 0.0799. The molecule has 0 bridgehead atoms. The fraction of sp³-hybridized carbons (Fsp3) is 0.316. The van der Waals surface area contributed by atoms with Crippen LogP contribution < -0.4 is 10.2 Å². The van der Waals surface area contributed by atoms with E-state index in [4.69, 9.17) is 4.74 Å². The van der Waals surface area contributed by atoms with E-state index in [0.717, 1.165) is 40.5 Å². The molecule has 3 nitrogen and oxygen atoms in total. The highest BCUT2D eigenvalue weighted by molar-refractivity contribution is 5.94. The van der Waals surface area contributed by atoms with Crippen LogP contribution in [0.1, 0.15) is 26.2 Å². The van der Waals surface area contributed by atoms with E-state index in [-0.39, 0.29) is 5.43 Å². The van der Waals surface area contributed by atoms with Crippen molar-refractivity contribution in [2.45, 2.75) is 32.7 Å². The highest BCUT2D eigenvalue weighted by atomic mass is 16.5. The number of hydrogen-bond acceptors (Lipinski definition) is 2. The van der Waals surface area contributed by atoms with Gasteiger partial charge in [-0.15, -0.1) is 0 Å². The monoisotopic (exact) mass is 295 g/mol. The Bertz CT molecular complexity index is 864. The highest BCUT2D eigenvalue weighted by Gasteiger charge is 2.11. The number of rotatable bonds is 5. The Labute approximate surface area is 130 Å².